The molecule has 4 heteroatoms. The van der Waals surface area contributed by atoms with Crippen molar-refractivity contribution in [2.75, 3.05) is 6.54 Å². The van der Waals surface area contributed by atoms with Gasteiger partial charge in [0, 0.05) is 10.0 Å². The van der Waals surface area contributed by atoms with Gasteiger partial charge in [0.05, 0.1) is 6.10 Å². The zero-order valence-electron chi connectivity index (χ0n) is 11.2. The number of aliphatic hydroxyl groups excluding tert-OH is 1. The Bertz CT molecular complexity index is 549. The van der Waals surface area contributed by atoms with Crippen LogP contribution in [0.5, 0.6) is 0 Å². The van der Waals surface area contributed by atoms with Crippen molar-refractivity contribution in [1.82, 2.24) is 0 Å². The second-order valence-corrected chi connectivity index (χ2v) is 5.72. The van der Waals surface area contributed by atoms with Crippen molar-refractivity contribution in [3.05, 3.63) is 46.1 Å². The van der Waals surface area contributed by atoms with Gasteiger partial charge in [0.25, 0.3) is 0 Å². The van der Waals surface area contributed by atoms with Gasteiger partial charge in [-0.15, -0.1) is 0 Å². The van der Waals surface area contributed by atoms with Crippen LogP contribution in [-0.4, -0.2) is 17.8 Å². The van der Waals surface area contributed by atoms with Gasteiger partial charge in [-0.05, 0) is 49.7 Å². The molecule has 0 aliphatic carbocycles. The van der Waals surface area contributed by atoms with Crippen molar-refractivity contribution in [1.29, 1.82) is 0 Å². The third kappa shape index (κ3) is 3.93. The Morgan fingerprint density at radius 1 is 1.32 bits per heavy atom. The van der Waals surface area contributed by atoms with Crippen LogP contribution in [0, 0.1) is 6.92 Å². The summed E-state index contributed by atoms with van der Waals surface area (Å²) in [5.74, 6) is 1.82. The molecule has 1 aromatic carbocycles. The fourth-order valence-electron chi connectivity index (χ4n) is 2.00. The highest BCUT2D eigenvalue weighted by Crippen LogP contribution is 2.27. The minimum Gasteiger partial charge on any atom is -0.455 e. The molecule has 1 heterocycles. The Kier molecular flexibility index (Phi) is 4.80. The largest absolute Gasteiger partial charge is 0.455 e. The predicted octanol–water partition coefficient (Wildman–Crippen LogP) is 2.46. The van der Waals surface area contributed by atoms with E-state index in [1.807, 2.05) is 23.5 Å². The molecule has 0 saturated heterocycles. The van der Waals surface area contributed by atoms with E-state index in [1.54, 1.807) is 6.92 Å². The van der Waals surface area contributed by atoms with E-state index in [0.29, 0.717) is 6.54 Å². The first kappa shape index (κ1) is 14.3. The van der Waals surface area contributed by atoms with E-state index >= 15 is 0 Å². The molecule has 2 aromatic rings. The van der Waals surface area contributed by atoms with Crippen LogP contribution in [0.2, 0.25) is 0 Å². The molecule has 0 radical (unpaired) electrons. The SMILES string of the molecule is Cc1cc(Br)ccc1-c1ccc(C[NH2+]C[C@@H](C)O)o1. The number of hydrogen-bond acceptors (Lipinski definition) is 2. The van der Waals surface area contributed by atoms with Crippen LogP contribution in [0.3, 0.4) is 0 Å². The molecule has 0 amide bonds. The van der Waals surface area contributed by atoms with Crippen LogP contribution in [0.1, 0.15) is 18.2 Å². The minimum absolute atomic E-state index is 0.289. The number of quaternary nitrogens is 1. The molecular formula is C15H19BrNO2+. The van der Waals surface area contributed by atoms with Gasteiger partial charge in [0.1, 0.15) is 18.8 Å². The Morgan fingerprint density at radius 2 is 2.11 bits per heavy atom. The van der Waals surface area contributed by atoms with E-state index in [9.17, 15) is 5.11 Å². The second-order valence-electron chi connectivity index (χ2n) is 4.80. The lowest BCUT2D eigenvalue weighted by Crippen LogP contribution is -2.84. The van der Waals surface area contributed by atoms with Gasteiger partial charge in [-0.3, -0.25) is 0 Å². The molecule has 0 unspecified atom stereocenters. The maximum absolute atomic E-state index is 9.21. The van der Waals surface area contributed by atoms with Crippen molar-refractivity contribution < 1.29 is 14.8 Å². The van der Waals surface area contributed by atoms with Gasteiger partial charge in [0.2, 0.25) is 0 Å². The Balaban J connectivity index is 2.08. The maximum atomic E-state index is 9.21. The average molecular weight is 325 g/mol. The molecule has 102 valence electrons. The van der Waals surface area contributed by atoms with Crippen LogP contribution in [0.4, 0.5) is 0 Å². The van der Waals surface area contributed by atoms with Gasteiger partial charge in [-0.2, -0.15) is 0 Å². The number of hydrogen-bond donors (Lipinski definition) is 2. The highest BCUT2D eigenvalue weighted by atomic mass is 79.9. The summed E-state index contributed by atoms with van der Waals surface area (Å²) in [7, 11) is 0. The Hall–Kier alpha value is -1.10. The zero-order valence-corrected chi connectivity index (χ0v) is 12.8. The summed E-state index contributed by atoms with van der Waals surface area (Å²) >= 11 is 3.46. The lowest BCUT2D eigenvalue weighted by atomic mass is 10.1. The first-order valence-corrected chi connectivity index (χ1v) is 7.20. The summed E-state index contributed by atoms with van der Waals surface area (Å²) in [5.41, 5.74) is 2.30. The number of aliphatic hydroxyl groups is 1. The molecule has 0 aliphatic heterocycles. The van der Waals surface area contributed by atoms with Crippen LogP contribution >= 0.6 is 15.9 Å². The molecular weight excluding hydrogens is 306 g/mol. The number of nitrogens with two attached hydrogens (primary N) is 1. The van der Waals surface area contributed by atoms with Crippen LogP contribution in [0.15, 0.2) is 39.2 Å². The summed E-state index contributed by atoms with van der Waals surface area (Å²) in [6.07, 6.45) is -0.289. The predicted molar refractivity (Wildman–Crippen MR) is 78.8 cm³/mol. The highest BCUT2D eigenvalue weighted by molar-refractivity contribution is 9.10. The molecule has 1 atom stereocenters. The number of benzene rings is 1. The third-order valence-electron chi connectivity index (χ3n) is 2.97. The number of rotatable bonds is 5. The van der Waals surface area contributed by atoms with Gasteiger partial charge in [0.15, 0.2) is 5.76 Å². The molecule has 3 nitrogen and oxygen atoms in total. The van der Waals surface area contributed by atoms with Gasteiger partial charge < -0.3 is 14.8 Å². The lowest BCUT2D eigenvalue weighted by molar-refractivity contribution is -0.677. The molecule has 0 aliphatic rings. The molecule has 0 spiro atoms. The van der Waals surface area contributed by atoms with Crippen molar-refractivity contribution in [3.63, 3.8) is 0 Å². The lowest BCUT2D eigenvalue weighted by Gasteiger charge is -2.04. The summed E-state index contributed by atoms with van der Waals surface area (Å²) in [6.45, 7) is 5.30. The van der Waals surface area contributed by atoms with Crippen molar-refractivity contribution >= 4 is 15.9 Å². The Morgan fingerprint density at radius 3 is 2.79 bits per heavy atom. The quantitative estimate of drug-likeness (QED) is 0.887. The number of furan rings is 1. The maximum Gasteiger partial charge on any atom is 0.158 e. The van der Waals surface area contributed by atoms with Crippen molar-refractivity contribution in [2.45, 2.75) is 26.5 Å². The minimum atomic E-state index is -0.289. The van der Waals surface area contributed by atoms with Crippen molar-refractivity contribution in [3.8, 4) is 11.3 Å². The first-order valence-electron chi connectivity index (χ1n) is 6.41. The smallest absolute Gasteiger partial charge is 0.158 e. The molecule has 0 bridgehead atoms. The molecule has 0 saturated carbocycles. The van der Waals surface area contributed by atoms with Gasteiger partial charge in [-0.1, -0.05) is 15.9 Å². The van der Waals surface area contributed by atoms with E-state index in [1.165, 1.54) is 5.56 Å². The third-order valence-corrected chi connectivity index (χ3v) is 3.46. The summed E-state index contributed by atoms with van der Waals surface area (Å²) < 4.78 is 6.92. The number of halogens is 1. The molecule has 0 fully saturated rings. The van der Waals surface area contributed by atoms with E-state index in [-0.39, 0.29) is 6.10 Å². The molecule has 2 rings (SSSR count). The van der Waals surface area contributed by atoms with Crippen molar-refractivity contribution in [2.24, 2.45) is 0 Å². The fraction of sp³-hybridized carbons (Fsp3) is 0.333. The second kappa shape index (κ2) is 6.37. The normalized spacial score (nSPS) is 12.6. The van der Waals surface area contributed by atoms with E-state index in [2.05, 4.69) is 35.0 Å². The average Bonchev–Trinajstić information content (AvgIpc) is 2.77. The fourth-order valence-corrected chi connectivity index (χ4v) is 2.48. The van der Waals surface area contributed by atoms with Gasteiger partial charge >= 0.3 is 0 Å². The van der Waals surface area contributed by atoms with Gasteiger partial charge in [-0.25, -0.2) is 0 Å². The molecule has 19 heavy (non-hydrogen) atoms. The monoisotopic (exact) mass is 324 g/mol. The zero-order chi connectivity index (χ0) is 13.8. The highest BCUT2D eigenvalue weighted by Gasteiger charge is 2.09. The van der Waals surface area contributed by atoms with Crippen LogP contribution < -0.4 is 5.32 Å². The van der Waals surface area contributed by atoms with E-state index in [0.717, 1.165) is 28.1 Å². The molecule has 3 N–H and O–H groups in total. The summed E-state index contributed by atoms with van der Waals surface area (Å²) in [5, 5.41) is 11.3. The molecule has 1 aromatic heterocycles. The van der Waals surface area contributed by atoms with Crippen LogP contribution in [0.25, 0.3) is 11.3 Å². The van der Waals surface area contributed by atoms with E-state index in [4.69, 9.17) is 4.42 Å². The topological polar surface area (TPSA) is 50.0 Å². The first-order chi connectivity index (χ1) is 9.06. The standard InChI is InChI=1S/C15H18BrNO2/c1-10-7-12(16)3-5-14(10)15-6-4-13(19-15)9-17-8-11(2)18/h3-7,11,17-18H,8-9H2,1-2H3/p+1/t11-/m1/s1. The Labute approximate surface area is 121 Å². The summed E-state index contributed by atoms with van der Waals surface area (Å²) in [4.78, 5) is 0. The summed E-state index contributed by atoms with van der Waals surface area (Å²) in [6, 6.07) is 10.2. The van der Waals surface area contributed by atoms with Crippen LogP contribution in [-0.2, 0) is 6.54 Å². The number of aryl methyl sites for hydroxylation is 1. The van der Waals surface area contributed by atoms with E-state index < -0.39 is 0 Å².